The lowest BCUT2D eigenvalue weighted by atomic mass is 9.86. The lowest BCUT2D eigenvalue weighted by molar-refractivity contribution is -0.114. The molecule has 5 nitrogen and oxygen atoms in total. The molecule has 1 fully saturated rings. The third-order valence-corrected chi connectivity index (χ3v) is 6.14. The van der Waals surface area contributed by atoms with Crippen molar-refractivity contribution in [2.45, 2.75) is 44.9 Å². The molecule has 27 heavy (non-hydrogen) atoms. The van der Waals surface area contributed by atoms with E-state index in [2.05, 4.69) is 10.1 Å². The van der Waals surface area contributed by atoms with Crippen LogP contribution in [0, 0.1) is 17.1 Å². The van der Waals surface area contributed by atoms with Gasteiger partial charge in [-0.15, -0.1) is 0 Å². The van der Waals surface area contributed by atoms with Gasteiger partial charge < -0.3 is 0 Å². The minimum absolute atomic E-state index is 0.0227. The number of nitrogens with one attached hydrogen (secondary N) is 1. The molecule has 0 aromatic heterocycles. The molecule has 7 heteroatoms. The molecule has 3 aliphatic rings. The van der Waals surface area contributed by atoms with Gasteiger partial charge >= 0.3 is 0 Å². The molecule has 2 aliphatic heterocycles. The quantitative estimate of drug-likeness (QED) is 0.758. The molecule has 0 spiro atoms. The number of carbonyl (C=O) groups is 1. The summed E-state index contributed by atoms with van der Waals surface area (Å²) in [6.45, 7) is 0. The first-order valence-corrected chi connectivity index (χ1v) is 10.2. The molecule has 1 aromatic carbocycles. The highest BCUT2D eigenvalue weighted by molar-refractivity contribution is 8.26. The predicted octanol–water partition coefficient (Wildman–Crippen LogP) is 4.81. The van der Waals surface area contributed by atoms with Crippen LogP contribution in [-0.4, -0.2) is 27.0 Å². The maximum absolute atomic E-state index is 13.1. The van der Waals surface area contributed by atoms with E-state index in [1.807, 2.05) is 0 Å². The van der Waals surface area contributed by atoms with Crippen molar-refractivity contribution in [3.63, 3.8) is 0 Å². The number of benzene rings is 1. The predicted molar refractivity (Wildman–Crippen MR) is 107 cm³/mol. The number of rotatable bonds is 4. The summed E-state index contributed by atoms with van der Waals surface area (Å²) >= 11 is 1.39. The summed E-state index contributed by atoms with van der Waals surface area (Å²) in [7, 11) is 0. The van der Waals surface area contributed by atoms with Gasteiger partial charge in [-0.2, -0.15) is 15.1 Å². The molecule has 140 valence electrons. The normalized spacial score (nSPS) is 22.1. The second-order valence-corrected chi connectivity index (χ2v) is 8.15. The smallest absolute Gasteiger partial charge is 0.282 e. The minimum atomic E-state index is -0.452. The Hall–Kier alpha value is -2.28. The summed E-state index contributed by atoms with van der Waals surface area (Å²) in [6.07, 6.45) is 10.1. The number of hydrazone groups is 1. The Balaban J connectivity index is 1.48. The number of amides is 1. The van der Waals surface area contributed by atoms with E-state index in [1.165, 1.54) is 61.0 Å². The van der Waals surface area contributed by atoms with Crippen molar-refractivity contribution in [1.29, 1.82) is 5.41 Å². The molecular weight excluding hydrogens is 363 g/mol. The van der Waals surface area contributed by atoms with Crippen LogP contribution in [0.1, 0.15) is 50.5 Å². The Morgan fingerprint density at radius 2 is 1.96 bits per heavy atom. The lowest BCUT2D eigenvalue weighted by Crippen LogP contribution is -2.35. The van der Waals surface area contributed by atoms with Gasteiger partial charge in [0.05, 0.1) is 5.57 Å². The van der Waals surface area contributed by atoms with Crippen molar-refractivity contribution in [1.82, 2.24) is 5.01 Å². The number of hydrogen-bond acceptors (Lipinski definition) is 4. The highest BCUT2D eigenvalue weighted by Crippen LogP contribution is 2.33. The monoisotopic (exact) mass is 384 g/mol. The molecule has 1 aliphatic carbocycles. The van der Waals surface area contributed by atoms with Crippen LogP contribution in [0.5, 0.6) is 0 Å². The van der Waals surface area contributed by atoms with E-state index in [0.29, 0.717) is 10.7 Å². The van der Waals surface area contributed by atoms with Crippen LogP contribution < -0.4 is 0 Å². The van der Waals surface area contributed by atoms with Gasteiger partial charge in [0.2, 0.25) is 5.17 Å². The average molecular weight is 384 g/mol. The fraction of sp³-hybridized carbons (Fsp3) is 0.400. The average Bonchev–Trinajstić information content (AvgIpc) is 3.09. The molecule has 0 bridgehead atoms. The van der Waals surface area contributed by atoms with E-state index in [1.54, 1.807) is 18.2 Å². The number of nitrogens with zero attached hydrogens (tertiary/aromatic N) is 3. The maximum atomic E-state index is 13.1. The topological polar surface area (TPSA) is 68.9 Å². The summed E-state index contributed by atoms with van der Waals surface area (Å²) in [4.78, 5) is 16.5. The molecule has 1 saturated carbocycles. The van der Waals surface area contributed by atoms with E-state index in [9.17, 15) is 9.18 Å². The van der Waals surface area contributed by atoms with Crippen LogP contribution in [0.2, 0.25) is 0 Å². The molecule has 0 unspecified atom stereocenters. The molecule has 2 heterocycles. The molecule has 1 N–H and O–H groups in total. The minimum Gasteiger partial charge on any atom is -0.282 e. The Morgan fingerprint density at radius 3 is 2.70 bits per heavy atom. The molecule has 0 atom stereocenters. The van der Waals surface area contributed by atoms with Crippen molar-refractivity contribution in [3.8, 4) is 0 Å². The van der Waals surface area contributed by atoms with E-state index in [4.69, 9.17) is 5.41 Å². The van der Waals surface area contributed by atoms with Crippen LogP contribution in [-0.2, 0) is 4.79 Å². The van der Waals surface area contributed by atoms with Crippen LogP contribution in [0.4, 0.5) is 4.39 Å². The third kappa shape index (κ3) is 4.03. The van der Waals surface area contributed by atoms with Gasteiger partial charge in [-0.1, -0.05) is 44.2 Å². The van der Waals surface area contributed by atoms with Gasteiger partial charge in [0.15, 0.2) is 5.84 Å². The standard InChI is InChI=1S/C20H21FN4OS/c21-15-9-6-14(7-10-15)12-16-18(22)25-20(23-19(16)26)27-17(24-25)11-8-13-4-2-1-3-5-13/h6-7,9-10,12-13,22H,1-5,8,11H2. The van der Waals surface area contributed by atoms with Crippen LogP contribution in [0.15, 0.2) is 39.9 Å². The summed E-state index contributed by atoms with van der Waals surface area (Å²) in [5.74, 6) is -0.0106. The van der Waals surface area contributed by atoms with Crippen LogP contribution >= 0.6 is 11.8 Å². The van der Waals surface area contributed by atoms with Crippen molar-refractivity contribution in [2.24, 2.45) is 16.0 Å². The molecule has 1 amide bonds. The second-order valence-electron chi connectivity index (χ2n) is 7.11. The SMILES string of the molecule is N=C1C(=Cc2ccc(F)cc2)C(=O)N=C2SC(CCC3CCCCC3)=NN12. The van der Waals surface area contributed by atoms with Gasteiger partial charge in [-0.25, -0.2) is 4.39 Å². The van der Waals surface area contributed by atoms with Crippen LogP contribution in [0.25, 0.3) is 6.08 Å². The summed E-state index contributed by atoms with van der Waals surface area (Å²) in [6, 6.07) is 5.79. The summed E-state index contributed by atoms with van der Waals surface area (Å²) in [5, 5.41) is 15.7. The van der Waals surface area contributed by atoms with Gasteiger partial charge in [-0.05, 0) is 54.3 Å². The number of hydrogen-bond donors (Lipinski definition) is 1. The number of amidine groups is 2. The van der Waals surface area contributed by atoms with Crippen molar-refractivity contribution >= 4 is 39.8 Å². The van der Waals surface area contributed by atoms with Gasteiger partial charge in [0.25, 0.3) is 5.91 Å². The molecule has 4 rings (SSSR count). The van der Waals surface area contributed by atoms with E-state index >= 15 is 0 Å². The van der Waals surface area contributed by atoms with E-state index < -0.39 is 5.91 Å². The van der Waals surface area contributed by atoms with E-state index in [-0.39, 0.29) is 17.2 Å². The third-order valence-electron chi connectivity index (χ3n) is 5.17. The van der Waals surface area contributed by atoms with E-state index in [0.717, 1.165) is 23.8 Å². The van der Waals surface area contributed by atoms with Crippen molar-refractivity contribution < 1.29 is 9.18 Å². The van der Waals surface area contributed by atoms with Gasteiger partial charge in [-0.3, -0.25) is 10.2 Å². The zero-order valence-corrected chi connectivity index (χ0v) is 15.8. The molecule has 1 aromatic rings. The number of fused-ring (bicyclic) bond motifs is 1. The fourth-order valence-corrected chi connectivity index (χ4v) is 4.56. The summed E-state index contributed by atoms with van der Waals surface area (Å²) < 4.78 is 13.1. The first kappa shape index (κ1) is 18.1. The zero-order valence-electron chi connectivity index (χ0n) is 14.9. The Bertz CT molecular complexity index is 853. The maximum Gasteiger partial charge on any atom is 0.283 e. The first-order chi connectivity index (χ1) is 13.1. The summed E-state index contributed by atoms with van der Waals surface area (Å²) in [5.41, 5.74) is 0.819. The van der Waals surface area contributed by atoms with Gasteiger partial charge in [0.1, 0.15) is 10.9 Å². The number of carbonyl (C=O) groups excluding carboxylic acids is 1. The fourth-order valence-electron chi connectivity index (χ4n) is 3.66. The van der Waals surface area contributed by atoms with Crippen molar-refractivity contribution in [2.75, 3.05) is 0 Å². The molecule has 0 radical (unpaired) electrons. The van der Waals surface area contributed by atoms with Crippen LogP contribution in [0.3, 0.4) is 0 Å². The Morgan fingerprint density at radius 1 is 1.22 bits per heavy atom. The highest BCUT2D eigenvalue weighted by Gasteiger charge is 2.35. The largest absolute Gasteiger partial charge is 0.283 e. The number of thioether (sulfide) groups is 1. The Kier molecular flexibility index (Phi) is 5.20. The lowest BCUT2D eigenvalue weighted by Gasteiger charge is -2.20. The first-order valence-electron chi connectivity index (χ1n) is 9.35. The van der Waals surface area contributed by atoms with Crippen molar-refractivity contribution in [3.05, 3.63) is 41.2 Å². The van der Waals surface area contributed by atoms with Gasteiger partial charge in [0, 0.05) is 0 Å². The number of halogens is 1. The zero-order chi connectivity index (χ0) is 18.8. The second kappa shape index (κ2) is 7.76. The molecular formula is C20H21FN4OS. The Labute approximate surface area is 161 Å². The number of aliphatic imine (C=N–C) groups is 1. The molecule has 0 saturated heterocycles. The highest BCUT2D eigenvalue weighted by atomic mass is 32.2.